The first kappa shape index (κ1) is 24.7. The van der Waals surface area contributed by atoms with Crippen molar-refractivity contribution in [3.8, 4) is 11.5 Å². The summed E-state index contributed by atoms with van der Waals surface area (Å²) in [4.78, 5) is 24.6. The number of carbonyl (C=O) groups is 2. The molecule has 0 saturated heterocycles. The minimum Gasteiger partial charge on any atom is -0.508 e. The van der Waals surface area contributed by atoms with Gasteiger partial charge in [0.15, 0.2) is 12.1 Å². The van der Waals surface area contributed by atoms with Crippen LogP contribution < -0.4 is 4.74 Å². The average Bonchev–Trinajstić information content (AvgIpc) is 2.87. The van der Waals surface area contributed by atoms with E-state index in [0.717, 1.165) is 12.8 Å². The second kappa shape index (κ2) is 10.2. The second-order valence-corrected chi connectivity index (χ2v) is 10.5. The molecule has 4 unspecified atom stereocenters. The van der Waals surface area contributed by atoms with Gasteiger partial charge in [0.2, 0.25) is 6.29 Å². The molecule has 4 bridgehead atoms. The van der Waals surface area contributed by atoms with Crippen LogP contribution in [0.5, 0.6) is 11.5 Å². The van der Waals surface area contributed by atoms with E-state index < -0.39 is 6.29 Å². The Kier molecular flexibility index (Phi) is 7.00. The molecule has 4 aliphatic carbocycles. The predicted octanol–water partition coefficient (Wildman–Crippen LogP) is 5.68. The normalized spacial score (nSPS) is 29.4. The van der Waals surface area contributed by atoms with Crippen molar-refractivity contribution < 1.29 is 28.9 Å². The summed E-state index contributed by atoms with van der Waals surface area (Å²) in [6, 6.07) is 11.7. The molecule has 190 valence electrons. The maximum atomic E-state index is 13.2. The number of ether oxygens (including phenoxy) is 3. The maximum absolute atomic E-state index is 13.2. The molecule has 0 spiro atoms. The lowest BCUT2D eigenvalue weighted by Crippen LogP contribution is -2.63. The molecule has 6 rings (SSSR count). The van der Waals surface area contributed by atoms with Crippen molar-refractivity contribution in [2.24, 2.45) is 23.2 Å². The van der Waals surface area contributed by atoms with Crippen LogP contribution in [0.15, 0.2) is 48.5 Å². The third kappa shape index (κ3) is 4.48. The van der Waals surface area contributed by atoms with Crippen molar-refractivity contribution in [1.82, 2.24) is 0 Å². The highest BCUT2D eigenvalue weighted by Gasteiger charge is 2.62. The monoisotopic (exact) mass is 490 g/mol. The Balaban J connectivity index is 1.43. The Morgan fingerprint density at radius 3 is 2.56 bits per heavy atom. The number of carbonyl (C=O) groups excluding carboxylic acids is 2. The van der Waals surface area contributed by atoms with Gasteiger partial charge in [-0.3, -0.25) is 9.59 Å². The number of rotatable bonds is 10. The van der Waals surface area contributed by atoms with Crippen molar-refractivity contribution in [3.05, 3.63) is 65.2 Å². The minimum absolute atomic E-state index is 0.000303. The Bertz CT molecular complexity index is 1140. The minimum atomic E-state index is -0.502. The van der Waals surface area contributed by atoms with E-state index >= 15 is 0 Å². The first-order chi connectivity index (χ1) is 17.5. The van der Waals surface area contributed by atoms with E-state index in [1.165, 1.54) is 37.5 Å². The predicted molar refractivity (Wildman–Crippen MR) is 136 cm³/mol. The first-order valence-corrected chi connectivity index (χ1v) is 12.9. The fourth-order valence-electron chi connectivity index (χ4n) is 7.24. The standard InChI is InChI=1S/C30H34O6/c1-3-35-29(30-16-19-12-20(17-30)14-22(13-19)28(30)34-2)36-27-7-5-4-6-25(27)26(33)11-9-21-8-10-24(32)15-23(21)18-31/h4-11,15,18-20,22,28-29,32H,3,12-14,16-17H2,1-2H3. The molecular weight excluding hydrogens is 456 g/mol. The first-order valence-electron chi connectivity index (χ1n) is 12.9. The van der Waals surface area contributed by atoms with Crippen LogP contribution in [0.25, 0.3) is 6.08 Å². The van der Waals surface area contributed by atoms with E-state index in [-0.39, 0.29) is 23.1 Å². The zero-order valence-corrected chi connectivity index (χ0v) is 20.9. The number of aromatic hydroxyl groups is 1. The quantitative estimate of drug-likeness (QED) is 0.200. The van der Waals surface area contributed by atoms with Gasteiger partial charge in [0.1, 0.15) is 11.5 Å². The molecule has 4 aliphatic rings. The number of aldehydes is 1. The van der Waals surface area contributed by atoms with Crippen LogP contribution in [0.1, 0.15) is 65.3 Å². The number of allylic oxidation sites excluding steroid dienone is 1. The summed E-state index contributed by atoms with van der Waals surface area (Å²) < 4.78 is 19.0. The molecule has 0 aliphatic heterocycles. The highest BCUT2D eigenvalue weighted by Crippen LogP contribution is 2.62. The Morgan fingerprint density at radius 1 is 1.11 bits per heavy atom. The molecule has 0 heterocycles. The number of phenols is 1. The van der Waals surface area contributed by atoms with E-state index in [1.807, 2.05) is 25.1 Å². The Morgan fingerprint density at radius 2 is 1.86 bits per heavy atom. The van der Waals surface area contributed by atoms with Gasteiger partial charge in [0, 0.05) is 19.3 Å². The Hall–Kier alpha value is -2.96. The van der Waals surface area contributed by atoms with Crippen LogP contribution >= 0.6 is 0 Å². The van der Waals surface area contributed by atoms with Gasteiger partial charge in [-0.25, -0.2) is 0 Å². The molecule has 4 fully saturated rings. The highest BCUT2D eigenvalue weighted by atomic mass is 16.7. The van der Waals surface area contributed by atoms with E-state index in [4.69, 9.17) is 14.2 Å². The average molecular weight is 491 g/mol. The van der Waals surface area contributed by atoms with Gasteiger partial charge < -0.3 is 19.3 Å². The molecule has 2 aromatic carbocycles. The summed E-state index contributed by atoms with van der Waals surface area (Å²) in [6.07, 6.45) is 9.02. The lowest BCUT2D eigenvalue weighted by atomic mass is 9.48. The van der Waals surface area contributed by atoms with Gasteiger partial charge in [-0.1, -0.05) is 24.3 Å². The molecule has 4 atom stereocenters. The van der Waals surface area contributed by atoms with E-state index in [0.29, 0.717) is 53.1 Å². The van der Waals surface area contributed by atoms with Gasteiger partial charge in [0.25, 0.3) is 0 Å². The van der Waals surface area contributed by atoms with Gasteiger partial charge in [-0.05, 0) is 92.7 Å². The molecule has 6 heteroatoms. The topological polar surface area (TPSA) is 82.1 Å². The number of hydrogen-bond donors (Lipinski definition) is 1. The maximum Gasteiger partial charge on any atom is 0.208 e. The number of phenolic OH excluding ortho intramolecular Hbond substituents is 1. The molecule has 0 radical (unpaired) electrons. The number of para-hydroxylation sites is 1. The third-order valence-corrected chi connectivity index (χ3v) is 8.31. The van der Waals surface area contributed by atoms with E-state index in [9.17, 15) is 14.7 Å². The largest absolute Gasteiger partial charge is 0.508 e. The highest BCUT2D eigenvalue weighted by molar-refractivity contribution is 6.09. The second-order valence-electron chi connectivity index (χ2n) is 10.5. The molecule has 0 aromatic heterocycles. The van der Waals surface area contributed by atoms with Crippen LogP contribution in [-0.2, 0) is 9.47 Å². The number of benzene rings is 2. The van der Waals surface area contributed by atoms with Crippen LogP contribution in [-0.4, -0.2) is 43.3 Å². The van der Waals surface area contributed by atoms with E-state index in [2.05, 4.69) is 0 Å². The number of methoxy groups -OCH3 is 1. The van der Waals surface area contributed by atoms with Crippen LogP contribution in [0.4, 0.5) is 0 Å². The third-order valence-electron chi connectivity index (χ3n) is 8.31. The van der Waals surface area contributed by atoms with Crippen molar-refractivity contribution >= 4 is 18.1 Å². The number of hydrogen-bond acceptors (Lipinski definition) is 6. The van der Waals surface area contributed by atoms with Crippen LogP contribution in [0.2, 0.25) is 0 Å². The zero-order chi connectivity index (χ0) is 25.3. The summed E-state index contributed by atoms with van der Waals surface area (Å²) in [6.45, 7) is 2.48. The van der Waals surface area contributed by atoms with Gasteiger partial charge >= 0.3 is 0 Å². The number of ketones is 1. The molecule has 0 amide bonds. The lowest BCUT2D eigenvalue weighted by molar-refractivity contribution is -0.266. The van der Waals surface area contributed by atoms with Gasteiger partial charge in [-0.2, -0.15) is 0 Å². The van der Waals surface area contributed by atoms with E-state index in [1.54, 1.807) is 25.3 Å². The molecule has 4 saturated carbocycles. The van der Waals surface area contributed by atoms with Gasteiger partial charge in [-0.15, -0.1) is 0 Å². The zero-order valence-electron chi connectivity index (χ0n) is 20.9. The van der Waals surface area contributed by atoms with Crippen molar-refractivity contribution in [2.45, 2.75) is 51.4 Å². The summed E-state index contributed by atoms with van der Waals surface area (Å²) in [5, 5.41) is 9.63. The molecular formula is C30H34O6. The van der Waals surface area contributed by atoms with Crippen LogP contribution in [0.3, 0.4) is 0 Å². The summed E-state index contributed by atoms with van der Waals surface area (Å²) >= 11 is 0. The van der Waals surface area contributed by atoms with Gasteiger partial charge in [0.05, 0.1) is 17.1 Å². The van der Waals surface area contributed by atoms with Crippen molar-refractivity contribution in [2.75, 3.05) is 13.7 Å². The molecule has 6 nitrogen and oxygen atoms in total. The summed E-state index contributed by atoms with van der Waals surface area (Å²) in [5.41, 5.74) is 1.07. The van der Waals surface area contributed by atoms with Crippen LogP contribution in [0, 0.1) is 23.2 Å². The molecule has 1 N–H and O–H groups in total. The molecule has 2 aromatic rings. The summed E-state index contributed by atoms with van der Waals surface area (Å²) in [7, 11) is 1.80. The van der Waals surface area contributed by atoms with Crippen molar-refractivity contribution in [1.29, 1.82) is 0 Å². The smallest absolute Gasteiger partial charge is 0.208 e. The fraction of sp³-hybridized carbons (Fsp3) is 0.467. The summed E-state index contributed by atoms with van der Waals surface area (Å²) in [5.74, 6) is 2.14. The fourth-order valence-corrected chi connectivity index (χ4v) is 7.24. The molecule has 36 heavy (non-hydrogen) atoms. The Labute approximate surface area is 212 Å². The van der Waals surface area contributed by atoms with Crippen molar-refractivity contribution in [3.63, 3.8) is 0 Å². The SMILES string of the molecule is CCOC(Oc1ccccc1C(=O)C=Cc1ccc(O)cc1C=O)C12CC3CC(CC(C3)C1OC)C2. The lowest BCUT2D eigenvalue weighted by Gasteiger charge is -2.61.